The van der Waals surface area contributed by atoms with E-state index in [9.17, 15) is 4.79 Å². The first-order valence-electron chi connectivity index (χ1n) is 7.72. The second-order valence-electron chi connectivity index (χ2n) is 7.19. The summed E-state index contributed by atoms with van der Waals surface area (Å²) in [7, 11) is -0.771. The molecule has 2 rings (SSSR count). The van der Waals surface area contributed by atoms with Crippen LogP contribution in [0.2, 0.25) is 18.1 Å². The van der Waals surface area contributed by atoms with Crippen LogP contribution < -0.4 is 0 Å². The zero-order chi connectivity index (χ0) is 17.3. The van der Waals surface area contributed by atoms with Crippen molar-refractivity contribution in [3.63, 3.8) is 0 Å². The Kier molecular flexibility index (Phi) is 4.96. The van der Waals surface area contributed by atoms with Gasteiger partial charge in [-0.2, -0.15) is 0 Å². The number of carbonyl (C=O) groups excluding carboxylic acids is 1. The summed E-state index contributed by atoms with van der Waals surface area (Å²) in [6, 6.07) is 9.65. The molecule has 1 heterocycles. The summed E-state index contributed by atoms with van der Waals surface area (Å²) >= 11 is 0. The molecule has 5 nitrogen and oxygen atoms in total. The Bertz CT molecular complexity index is 592. The van der Waals surface area contributed by atoms with Crippen LogP contribution in [-0.4, -0.2) is 39.3 Å². The van der Waals surface area contributed by atoms with Crippen molar-refractivity contribution >= 4 is 20.0 Å². The van der Waals surface area contributed by atoms with Crippen LogP contribution in [0.4, 0.5) is 0 Å². The fraction of sp³-hybridized carbons (Fsp3) is 0.529. The number of rotatable bonds is 4. The van der Waals surface area contributed by atoms with E-state index in [4.69, 9.17) is 14.0 Å². The van der Waals surface area contributed by atoms with Gasteiger partial charge in [0.25, 0.3) is 6.10 Å². The highest BCUT2D eigenvalue weighted by atomic mass is 28.4. The van der Waals surface area contributed by atoms with Gasteiger partial charge >= 0.3 is 5.97 Å². The number of esters is 1. The van der Waals surface area contributed by atoms with E-state index in [2.05, 4.69) is 39.0 Å². The molecule has 2 atom stereocenters. The lowest BCUT2D eigenvalue weighted by Crippen LogP contribution is -2.50. The van der Waals surface area contributed by atoms with Crippen LogP contribution in [0.3, 0.4) is 0 Å². The molecule has 0 radical (unpaired) electrons. The Hall–Kier alpha value is -1.66. The van der Waals surface area contributed by atoms with E-state index >= 15 is 0 Å². The van der Waals surface area contributed by atoms with Gasteiger partial charge in [0.1, 0.15) is 11.8 Å². The summed E-state index contributed by atoms with van der Waals surface area (Å²) in [5, 5.41) is 4.13. The lowest BCUT2D eigenvalue weighted by atomic mass is 10.0. The summed E-state index contributed by atoms with van der Waals surface area (Å²) in [5.74, 6) is -0.469. The SMILES string of the molecule is COC(=O)[C@@H]1ON=C(c2ccccc2)[C@H]1O[Si](C)(C)C(C)(C)C. The highest BCUT2D eigenvalue weighted by Crippen LogP contribution is 2.39. The maximum Gasteiger partial charge on any atom is 0.353 e. The topological polar surface area (TPSA) is 57.1 Å². The van der Waals surface area contributed by atoms with E-state index in [1.807, 2.05) is 30.3 Å². The third-order valence-electron chi connectivity index (χ3n) is 4.54. The van der Waals surface area contributed by atoms with Gasteiger partial charge in [-0.1, -0.05) is 56.3 Å². The Morgan fingerprint density at radius 2 is 1.83 bits per heavy atom. The van der Waals surface area contributed by atoms with Gasteiger partial charge in [0.15, 0.2) is 8.32 Å². The number of benzene rings is 1. The van der Waals surface area contributed by atoms with Gasteiger partial charge in [-0.15, -0.1) is 0 Å². The average molecular weight is 335 g/mol. The van der Waals surface area contributed by atoms with Crippen LogP contribution in [0.25, 0.3) is 0 Å². The van der Waals surface area contributed by atoms with E-state index < -0.39 is 26.5 Å². The number of carbonyl (C=O) groups is 1. The molecule has 0 saturated heterocycles. The highest BCUT2D eigenvalue weighted by Gasteiger charge is 2.48. The number of nitrogens with zero attached hydrogens (tertiary/aromatic N) is 1. The van der Waals surface area contributed by atoms with Crippen LogP contribution in [0.1, 0.15) is 26.3 Å². The quantitative estimate of drug-likeness (QED) is 0.625. The number of hydrogen-bond donors (Lipinski definition) is 0. The van der Waals surface area contributed by atoms with Crippen LogP contribution in [-0.2, 0) is 18.8 Å². The zero-order valence-electron chi connectivity index (χ0n) is 14.6. The predicted octanol–water partition coefficient (Wildman–Crippen LogP) is 3.35. The molecule has 0 amide bonds. The molecule has 0 bridgehead atoms. The van der Waals surface area contributed by atoms with Gasteiger partial charge in [-0.3, -0.25) is 0 Å². The predicted molar refractivity (Wildman–Crippen MR) is 91.9 cm³/mol. The smallest absolute Gasteiger partial charge is 0.353 e. The molecule has 0 spiro atoms. The largest absolute Gasteiger partial charge is 0.466 e. The first-order chi connectivity index (χ1) is 10.7. The van der Waals surface area contributed by atoms with Crippen LogP contribution in [0, 0.1) is 0 Å². The number of hydrogen-bond acceptors (Lipinski definition) is 5. The van der Waals surface area contributed by atoms with Crippen molar-refractivity contribution in [3.05, 3.63) is 35.9 Å². The molecule has 0 N–H and O–H groups in total. The van der Waals surface area contributed by atoms with Gasteiger partial charge in [0.2, 0.25) is 0 Å². The fourth-order valence-corrected chi connectivity index (χ4v) is 3.31. The molecule has 126 valence electrons. The average Bonchev–Trinajstić information content (AvgIpc) is 2.89. The summed E-state index contributed by atoms with van der Waals surface area (Å²) < 4.78 is 11.3. The van der Waals surface area contributed by atoms with Gasteiger partial charge in [0, 0.05) is 5.56 Å². The van der Waals surface area contributed by atoms with E-state index in [-0.39, 0.29) is 5.04 Å². The Morgan fingerprint density at radius 1 is 1.22 bits per heavy atom. The Balaban J connectivity index is 2.35. The molecule has 0 unspecified atom stereocenters. The van der Waals surface area contributed by atoms with Crippen molar-refractivity contribution < 1.29 is 18.8 Å². The molecule has 0 aromatic heterocycles. The van der Waals surface area contributed by atoms with Crippen molar-refractivity contribution in [2.24, 2.45) is 5.16 Å². The summed E-state index contributed by atoms with van der Waals surface area (Å²) in [6.07, 6.45) is -1.41. The van der Waals surface area contributed by atoms with Crippen molar-refractivity contribution in [1.29, 1.82) is 0 Å². The molecule has 1 aliphatic rings. The maximum atomic E-state index is 12.1. The maximum absolute atomic E-state index is 12.1. The summed E-state index contributed by atoms with van der Waals surface area (Å²) in [5.41, 5.74) is 1.54. The minimum atomic E-state index is -2.11. The van der Waals surface area contributed by atoms with Crippen LogP contribution in [0.15, 0.2) is 35.5 Å². The van der Waals surface area contributed by atoms with Crippen LogP contribution in [0.5, 0.6) is 0 Å². The third kappa shape index (κ3) is 3.64. The first-order valence-corrected chi connectivity index (χ1v) is 10.6. The Morgan fingerprint density at radius 3 is 2.35 bits per heavy atom. The third-order valence-corrected chi connectivity index (χ3v) is 9.00. The molecule has 0 aliphatic carbocycles. The molecule has 1 aromatic rings. The molecule has 6 heteroatoms. The second kappa shape index (κ2) is 6.45. The van der Waals surface area contributed by atoms with E-state index in [0.717, 1.165) is 5.56 Å². The van der Waals surface area contributed by atoms with Gasteiger partial charge < -0.3 is 14.0 Å². The molecule has 23 heavy (non-hydrogen) atoms. The van der Waals surface area contributed by atoms with Crippen molar-refractivity contribution in [1.82, 2.24) is 0 Å². The molecular weight excluding hydrogens is 310 g/mol. The van der Waals surface area contributed by atoms with E-state index in [1.165, 1.54) is 7.11 Å². The number of ether oxygens (including phenoxy) is 1. The zero-order valence-corrected chi connectivity index (χ0v) is 15.6. The minimum absolute atomic E-state index is 0.0120. The fourth-order valence-electron chi connectivity index (χ4n) is 2.08. The molecule has 1 aliphatic heterocycles. The standard InChI is InChI=1S/C17H25NO4Si/c1-17(2,3)23(5,6)22-14-13(12-10-8-7-9-11-12)18-21-15(14)16(19)20-4/h7-11,14-15H,1-6H3/t14-,15-/m1/s1. The second-order valence-corrected chi connectivity index (χ2v) is 11.9. The van der Waals surface area contributed by atoms with Crippen molar-refractivity contribution in [2.75, 3.05) is 7.11 Å². The van der Waals surface area contributed by atoms with Crippen LogP contribution >= 0.6 is 0 Å². The van der Waals surface area contributed by atoms with Crippen molar-refractivity contribution in [3.8, 4) is 0 Å². The highest BCUT2D eigenvalue weighted by molar-refractivity contribution is 6.74. The van der Waals surface area contributed by atoms with E-state index in [1.54, 1.807) is 0 Å². The lowest BCUT2D eigenvalue weighted by Gasteiger charge is -2.38. The number of methoxy groups -OCH3 is 1. The summed E-state index contributed by atoms with van der Waals surface area (Å²) in [6.45, 7) is 10.7. The number of oxime groups is 1. The first kappa shape index (κ1) is 17.7. The molecule has 1 aromatic carbocycles. The summed E-state index contributed by atoms with van der Waals surface area (Å²) in [4.78, 5) is 17.4. The minimum Gasteiger partial charge on any atom is -0.466 e. The molecule has 0 fully saturated rings. The Labute approximate surface area is 138 Å². The molecule has 0 saturated carbocycles. The van der Waals surface area contributed by atoms with Gasteiger partial charge in [-0.05, 0) is 18.1 Å². The van der Waals surface area contributed by atoms with Gasteiger partial charge in [-0.25, -0.2) is 4.79 Å². The van der Waals surface area contributed by atoms with Gasteiger partial charge in [0.05, 0.1) is 7.11 Å². The normalized spacial score (nSPS) is 21.6. The van der Waals surface area contributed by atoms with Crippen molar-refractivity contribution in [2.45, 2.75) is 51.1 Å². The monoisotopic (exact) mass is 335 g/mol. The lowest BCUT2D eigenvalue weighted by molar-refractivity contribution is -0.156. The molecular formula is C17H25NO4Si. The van der Waals surface area contributed by atoms with E-state index in [0.29, 0.717) is 5.71 Å².